The first-order valence-electron chi connectivity index (χ1n) is 12.1. The fraction of sp³-hybridized carbons (Fsp3) is 0.423. The molecule has 0 amide bonds. The molecule has 2 aliphatic rings. The Morgan fingerprint density at radius 3 is 2.88 bits per heavy atom. The molecule has 3 heterocycles. The molecule has 34 heavy (non-hydrogen) atoms. The molecule has 0 radical (unpaired) electrons. The van der Waals surface area contributed by atoms with Gasteiger partial charge in [0.25, 0.3) is 5.19 Å². The summed E-state index contributed by atoms with van der Waals surface area (Å²) in [5, 5.41) is 12.6. The number of aryl methyl sites for hydroxylation is 2. The van der Waals surface area contributed by atoms with E-state index in [4.69, 9.17) is 14.5 Å². The maximum absolute atomic E-state index is 6.18. The van der Waals surface area contributed by atoms with Crippen LogP contribution in [0.5, 0.6) is 5.19 Å². The van der Waals surface area contributed by atoms with Crippen molar-refractivity contribution in [2.24, 2.45) is 10.3 Å². The zero-order chi connectivity index (χ0) is 23.3. The van der Waals surface area contributed by atoms with Crippen LogP contribution in [-0.2, 0) is 17.8 Å². The van der Waals surface area contributed by atoms with Crippen LogP contribution < -0.4 is 15.3 Å². The van der Waals surface area contributed by atoms with Gasteiger partial charge in [0.1, 0.15) is 6.61 Å². The summed E-state index contributed by atoms with van der Waals surface area (Å²) in [7, 11) is 0. The highest BCUT2D eigenvalue weighted by Gasteiger charge is 2.48. The molecular weight excluding hydrogens is 446 g/mol. The second-order valence-corrected chi connectivity index (χ2v) is 9.60. The Morgan fingerprint density at radius 1 is 1.09 bits per heavy atom. The van der Waals surface area contributed by atoms with Gasteiger partial charge in [-0.3, -0.25) is 0 Å². The molecule has 7 nitrogen and oxygen atoms in total. The number of hydrogen-bond donors (Lipinski definition) is 1. The lowest BCUT2D eigenvalue weighted by Crippen LogP contribution is -2.40. The van der Waals surface area contributed by atoms with E-state index < -0.39 is 0 Å². The van der Waals surface area contributed by atoms with Gasteiger partial charge in [0, 0.05) is 16.5 Å². The van der Waals surface area contributed by atoms with Crippen LogP contribution in [0.4, 0.5) is 5.69 Å². The molecule has 8 heteroatoms. The summed E-state index contributed by atoms with van der Waals surface area (Å²) in [5.74, 6) is 0. The Kier molecular flexibility index (Phi) is 7.06. The normalized spacial score (nSPS) is 18.5. The van der Waals surface area contributed by atoms with Gasteiger partial charge in [-0.2, -0.15) is 5.53 Å². The molecule has 0 aliphatic carbocycles. The summed E-state index contributed by atoms with van der Waals surface area (Å²) in [6.07, 6.45) is 7.19. The first-order chi connectivity index (χ1) is 16.7. The number of rotatable bonds is 11. The predicted molar refractivity (Wildman–Crippen MR) is 135 cm³/mol. The van der Waals surface area contributed by atoms with Crippen LogP contribution in [0.1, 0.15) is 55.7 Å². The Morgan fingerprint density at radius 2 is 1.97 bits per heavy atom. The van der Waals surface area contributed by atoms with Gasteiger partial charge in [0.15, 0.2) is 0 Å². The lowest BCUT2D eigenvalue weighted by molar-refractivity contribution is 0.303. The van der Waals surface area contributed by atoms with Crippen LogP contribution in [0.2, 0.25) is 0 Å². The van der Waals surface area contributed by atoms with Gasteiger partial charge in [-0.15, -0.1) is 5.11 Å². The zero-order valence-corrected chi connectivity index (χ0v) is 20.6. The number of hydrazine groups is 1. The zero-order valence-electron chi connectivity index (χ0n) is 19.7. The lowest BCUT2D eigenvalue weighted by Gasteiger charge is -2.25. The number of nitrogens with zero attached hydrogens (tertiary/aromatic N) is 4. The van der Waals surface area contributed by atoms with Crippen LogP contribution >= 0.6 is 11.3 Å². The van der Waals surface area contributed by atoms with Crippen molar-refractivity contribution in [2.45, 2.75) is 71.4 Å². The molecule has 0 saturated carbocycles. The molecule has 2 atom stereocenters. The third-order valence-electron chi connectivity index (χ3n) is 6.34. The number of thiazole rings is 1. The van der Waals surface area contributed by atoms with Crippen molar-refractivity contribution in [2.75, 3.05) is 5.01 Å². The molecule has 0 bridgehead atoms. The predicted octanol–water partition coefficient (Wildman–Crippen LogP) is 6.58. The first kappa shape index (κ1) is 22.8. The van der Waals surface area contributed by atoms with E-state index in [0.29, 0.717) is 11.8 Å². The summed E-state index contributed by atoms with van der Waals surface area (Å²) < 4.78 is 11.7. The fourth-order valence-electron chi connectivity index (χ4n) is 4.34. The van der Waals surface area contributed by atoms with E-state index in [2.05, 4.69) is 65.4 Å². The summed E-state index contributed by atoms with van der Waals surface area (Å²) >= 11 is 1.54. The van der Waals surface area contributed by atoms with Gasteiger partial charge in [-0.05, 0) is 37.0 Å². The third-order valence-corrected chi connectivity index (χ3v) is 7.09. The molecule has 1 fully saturated rings. The summed E-state index contributed by atoms with van der Waals surface area (Å²) in [6.45, 7) is 4.76. The van der Waals surface area contributed by atoms with Gasteiger partial charge < -0.3 is 9.47 Å². The highest BCUT2D eigenvalue weighted by molar-refractivity contribution is 7.11. The van der Waals surface area contributed by atoms with E-state index >= 15 is 0 Å². The second-order valence-electron chi connectivity index (χ2n) is 8.78. The monoisotopic (exact) mass is 477 g/mol. The van der Waals surface area contributed by atoms with Crippen molar-refractivity contribution in [3.63, 3.8) is 0 Å². The van der Waals surface area contributed by atoms with Crippen molar-refractivity contribution < 1.29 is 9.47 Å². The molecule has 5 rings (SSSR count). The van der Waals surface area contributed by atoms with E-state index in [0.717, 1.165) is 28.9 Å². The van der Waals surface area contributed by atoms with Gasteiger partial charge in [0.2, 0.25) is 12.5 Å². The minimum atomic E-state index is -0.191. The van der Waals surface area contributed by atoms with Crippen molar-refractivity contribution in [1.82, 2.24) is 10.5 Å². The number of anilines is 1. The molecule has 2 aliphatic heterocycles. The Bertz CT molecular complexity index is 1150. The highest BCUT2D eigenvalue weighted by atomic mass is 32.1. The minimum Gasteiger partial charge on any atom is -0.465 e. The van der Waals surface area contributed by atoms with Crippen molar-refractivity contribution in [1.29, 1.82) is 0 Å². The van der Waals surface area contributed by atoms with Crippen LogP contribution in [0.15, 0.2) is 58.2 Å². The van der Waals surface area contributed by atoms with Gasteiger partial charge in [-0.1, -0.05) is 85.6 Å². The topological polar surface area (TPSA) is 74.6 Å². The fourth-order valence-corrected chi connectivity index (χ4v) is 5.01. The standard InChI is InChI=1S/C26H31N5O2S/c1-3-4-5-6-7-12-19-13-8-9-14-20(19)22-17-34-26(27-22)32-16-21-18(2)11-10-15-23(21)31-25-24(33-25)28-29-30-31/h8-11,13-15,17,24-25H,3-7,12,16H2,1-2H3,(H,28,30). The smallest absolute Gasteiger partial charge is 0.274 e. The number of fused-ring (bicyclic) bond motifs is 1. The summed E-state index contributed by atoms with van der Waals surface area (Å²) in [6, 6.07) is 14.8. The third kappa shape index (κ3) is 5.08. The number of hydrogen-bond acceptors (Lipinski definition) is 8. The van der Waals surface area contributed by atoms with Crippen molar-refractivity contribution in [3.8, 4) is 16.5 Å². The van der Waals surface area contributed by atoms with Gasteiger partial charge in [0.05, 0.1) is 11.4 Å². The van der Waals surface area contributed by atoms with Crippen LogP contribution in [-0.4, -0.2) is 17.4 Å². The largest absolute Gasteiger partial charge is 0.465 e. The molecule has 1 saturated heterocycles. The van der Waals surface area contributed by atoms with E-state index in [1.807, 2.05) is 17.1 Å². The number of ether oxygens (including phenoxy) is 2. The average molecular weight is 478 g/mol. The first-order valence-corrected chi connectivity index (χ1v) is 13.0. The maximum atomic E-state index is 6.18. The number of epoxide rings is 1. The quantitative estimate of drug-likeness (QED) is 0.249. The molecule has 0 spiro atoms. The molecule has 1 N–H and O–H groups in total. The van der Waals surface area contributed by atoms with Crippen LogP contribution in [0, 0.1) is 6.92 Å². The average Bonchev–Trinajstić information content (AvgIpc) is 3.52. The minimum absolute atomic E-state index is 0.122. The Balaban J connectivity index is 1.26. The number of benzene rings is 2. The highest BCUT2D eigenvalue weighted by Crippen LogP contribution is 2.36. The van der Waals surface area contributed by atoms with Gasteiger partial charge >= 0.3 is 0 Å². The van der Waals surface area contributed by atoms with Crippen LogP contribution in [0.25, 0.3) is 11.3 Å². The Hall–Kier alpha value is -2.97. The van der Waals surface area contributed by atoms with Crippen LogP contribution in [0.3, 0.4) is 0 Å². The Labute approximate surface area is 204 Å². The second kappa shape index (κ2) is 10.5. The molecule has 1 aromatic heterocycles. The van der Waals surface area contributed by atoms with Crippen molar-refractivity contribution >= 4 is 17.0 Å². The molecule has 2 aromatic carbocycles. The van der Waals surface area contributed by atoms with E-state index in [9.17, 15) is 0 Å². The summed E-state index contributed by atoms with van der Waals surface area (Å²) in [4.78, 5) is 4.82. The molecule has 178 valence electrons. The molecule has 2 unspecified atom stereocenters. The SMILES string of the molecule is CCCCCCCc1ccccc1-c1csc(OCc2c(C)cccc2N2NN=NC3OC32)n1. The lowest BCUT2D eigenvalue weighted by atomic mass is 9.99. The number of nitrogens with one attached hydrogen (secondary N) is 1. The maximum Gasteiger partial charge on any atom is 0.274 e. The van der Waals surface area contributed by atoms with Crippen molar-refractivity contribution in [3.05, 3.63) is 64.5 Å². The van der Waals surface area contributed by atoms with E-state index in [1.165, 1.54) is 43.2 Å². The molecular formula is C26H31N5O2S. The number of unbranched alkanes of at least 4 members (excludes halogenated alkanes) is 4. The number of aromatic nitrogens is 1. The summed E-state index contributed by atoms with van der Waals surface area (Å²) in [5.41, 5.74) is 9.71. The van der Waals surface area contributed by atoms with E-state index in [-0.39, 0.29) is 12.5 Å². The molecule has 3 aromatic rings. The van der Waals surface area contributed by atoms with E-state index in [1.54, 1.807) is 11.3 Å². The van der Waals surface area contributed by atoms with Gasteiger partial charge in [-0.25, -0.2) is 9.99 Å².